The monoisotopic (exact) mass is 459 g/mol. The Morgan fingerprint density at radius 3 is 2.52 bits per heavy atom. The van der Waals surface area contributed by atoms with Gasteiger partial charge in [-0.25, -0.2) is 4.39 Å². The summed E-state index contributed by atoms with van der Waals surface area (Å²) in [5.74, 6) is 0.554. The molecule has 0 atom stereocenters. The van der Waals surface area contributed by atoms with Crippen LogP contribution in [0.2, 0.25) is 0 Å². The Hall–Kier alpha value is -3.31. The van der Waals surface area contributed by atoms with E-state index in [-0.39, 0.29) is 5.82 Å². The van der Waals surface area contributed by atoms with Gasteiger partial charge in [0.05, 0.1) is 6.21 Å². The largest absolute Gasteiger partial charge is 0.488 e. The number of benzene rings is 3. The van der Waals surface area contributed by atoms with Crippen molar-refractivity contribution in [2.24, 2.45) is 5.16 Å². The molecule has 3 aromatic carbocycles. The quantitative estimate of drug-likeness (QED) is 0.145. The van der Waals surface area contributed by atoms with Gasteiger partial charge in [-0.05, 0) is 89.1 Å². The van der Waals surface area contributed by atoms with E-state index in [0.29, 0.717) is 19.6 Å². The molecule has 0 fully saturated rings. The molecule has 3 nitrogen and oxygen atoms in total. The van der Waals surface area contributed by atoms with Gasteiger partial charge in [0, 0.05) is 11.3 Å². The minimum Gasteiger partial charge on any atom is -0.488 e. The SMILES string of the molecule is CSc1ccc(/C=C2/C(C)=C(CCON=CCOc3ccccc3)c3cc(F)ccc32)cc1. The van der Waals surface area contributed by atoms with Crippen LogP contribution in [0.3, 0.4) is 0 Å². The van der Waals surface area contributed by atoms with E-state index in [4.69, 9.17) is 9.57 Å². The molecule has 1 aliphatic rings. The highest BCUT2D eigenvalue weighted by molar-refractivity contribution is 7.98. The Labute approximate surface area is 198 Å². The number of ether oxygens (including phenoxy) is 1. The van der Waals surface area contributed by atoms with Crippen molar-refractivity contribution in [1.29, 1.82) is 0 Å². The molecule has 0 heterocycles. The Morgan fingerprint density at radius 2 is 1.76 bits per heavy atom. The van der Waals surface area contributed by atoms with E-state index in [2.05, 4.69) is 48.7 Å². The average Bonchev–Trinajstić information content (AvgIpc) is 3.09. The predicted molar refractivity (Wildman–Crippen MR) is 136 cm³/mol. The lowest BCUT2D eigenvalue weighted by Gasteiger charge is -2.06. The summed E-state index contributed by atoms with van der Waals surface area (Å²) < 4.78 is 19.6. The van der Waals surface area contributed by atoms with Gasteiger partial charge in [-0.15, -0.1) is 11.8 Å². The lowest BCUT2D eigenvalue weighted by atomic mass is 10.0. The summed E-state index contributed by atoms with van der Waals surface area (Å²) >= 11 is 1.72. The maximum Gasteiger partial charge on any atom is 0.127 e. The van der Waals surface area contributed by atoms with Crippen LogP contribution in [0.4, 0.5) is 4.39 Å². The zero-order valence-corrected chi connectivity index (χ0v) is 19.6. The van der Waals surface area contributed by atoms with E-state index in [9.17, 15) is 4.39 Å². The third kappa shape index (κ3) is 5.74. The van der Waals surface area contributed by atoms with Gasteiger partial charge in [-0.3, -0.25) is 0 Å². The molecule has 0 aliphatic heterocycles. The third-order valence-corrected chi connectivity index (χ3v) is 6.28. The third-order valence-electron chi connectivity index (χ3n) is 5.54. The van der Waals surface area contributed by atoms with Crippen molar-refractivity contribution in [3.05, 3.63) is 101 Å². The molecule has 5 heteroatoms. The molecule has 168 valence electrons. The van der Waals surface area contributed by atoms with Crippen LogP contribution in [-0.4, -0.2) is 25.7 Å². The molecule has 0 saturated heterocycles. The molecule has 1 aliphatic carbocycles. The minimum absolute atomic E-state index is 0.235. The number of allylic oxidation sites excluding steroid dienone is 2. The summed E-state index contributed by atoms with van der Waals surface area (Å²) in [6.45, 7) is 2.83. The fourth-order valence-electron chi connectivity index (χ4n) is 3.88. The summed E-state index contributed by atoms with van der Waals surface area (Å²) in [7, 11) is 0. The topological polar surface area (TPSA) is 30.8 Å². The zero-order chi connectivity index (χ0) is 23.0. The Bertz CT molecular complexity index is 1180. The van der Waals surface area contributed by atoms with Crippen molar-refractivity contribution in [2.45, 2.75) is 18.2 Å². The molecule has 0 aromatic heterocycles. The Kier molecular flexibility index (Phi) is 7.63. The van der Waals surface area contributed by atoms with Crippen LogP contribution in [0.25, 0.3) is 17.2 Å². The lowest BCUT2D eigenvalue weighted by molar-refractivity contribution is 0.150. The van der Waals surface area contributed by atoms with Crippen molar-refractivity contribution in [3.8, 4) is 5.75 Å². The molecule has 0 spiro atoms. The van der Waals surface area contributed by atoms with Gasteiger partial charge in [-0.1, -0.05) is 41.6 Å². The molecule has 0 unspecified atom stereocenters. The molecular weight excluding hydrogens is 433 g/mol. The fourth-order valence-corrected chi connectivity index (χ4v) is 4.28. The number of oxime groups is 1. The highest BCUT2D eigenvalue weighted by Crippen LogP contribution is 2.43. The smallest absolute Gasteiger partial charge is 0.127 e. The molecule has 3 aromatic rings. The number of thioether (sulfide) groups is 1. The van der Waals surface area contributed by atoms with Crippen LogP contribution in [0.1, 0.15) is 30.0 Å². The van der Waals surface area contributed by atoms with E-state index in [1.54, 1.807) is 24.0 Å². The van der Waals surface area contributed by atoms with Crippen LogP contribution >= 0.6 is 11.8 Å². The van der Waals surface area contributed by atoms with Crippen LogP contribution in [-0.2, 0) is 4.84 Å². The first-order chi connectivity index (χ1) is 16.2. The van der Waals surface area contributed by atoms with E-state index < -0.39 is 0 Å². The average molecular weight is 460 g/mol. The van der Waals surface area contributed by atoms with Gasteiger partial charge >= 0.3 is 0 Å². The maximum atomic E-state index is 14.1. The first kappa shape index (κ1) is 22.9. The fraction of sp³-hybridized carbons (Fsp3) is 0.179. The number of nitrogens with zero attached hydrogens (tertiary/aromatic N) is 1. The lowest BCUT2D eigenvalue weighted by Crippen LogP contribution is -1.99. The van der Waals surface area contributed by atoms with Gasteiger partial charge in [-0.2, -0.15) is 0 Å². The second-order valence-electron chi connectivity index (χ2n) is 7.62. The van der Waals surface area contributed by atoms with E-state index >= 15 is 0 Å². The van der Waals surface area contributed by atoms with E-state index in [0.717, 1.165) is 39.2 Å². The number of halogens is 1. The molecule has 0 bridgehead atoms. The predicted octanol–water partition coefficient (Wildman–Crippen LogP) is 7.35. The van der Waals surface area contributed by atoms with Crippen molar-refractivity contribution in [1.82, 2.24) is 0 Å². The molecule has 0 amide bonds. The van der Waals surface area contributed by atoms with Gasteiger partial charge in [0.25, 0.3) is 0 Å². The minimum atomic E-state index is -0.235. The van der Waals surface area contributed by atoms with Gasteiger partial charge in [0.15, 0.2) is 0 Å². The van der Waals surface area contributed by atoms with Crippen molar-refractivity contribution in [3.63, 3.8) is 0 Å². The second-order valence-corrected chi connectivity index (χ2v) is 8.50. The van der Waals surface area contributed by atoms with Gasteiger partial charge in [0.2, 0.25) is 0 Å². The van der Waals surface area contributed by atoms with Crippen LogP contribution in [0.15, 0.2) is 88.4 Å². The van der Waals surface area contributed by atoms with Crippen molar-refractivity contribution in [2.75, 3.05) is 19.5 Å². The van der Waals surface area contributed by atoms with Crippen molar-refractivity contribution >= 4 is 35.2 Å². The summed E-state index contributed by atoms with van der Waals surface area (Å²) in [6.07, 6.45) is 6.47. The van der Waals surface area contributed by atoms with Crippen molar-refractivity contribution < 1.29 is 14.0 Å². The standard InChI is InChI=1S/C28H26FNO2S/c1-20-25(14-16-32-30-15-17-31-23-6-4-3-5-7-23)28-19-22(29)10-13-26(28)27(20)18-21-8-11-24(33-2)12-9-21/h3-13,15,18-19H,14,16-17H2,1-2H3/b27-18-,30-15?. The molecular formula is C28H26FNO2S. The number of hydrogen-bond acceptors (Lipinski definition) is 4. The second kappa shape index (κ2) is 11.0. The number of rotatable bonds is 9. The summed E-state index contributed by atoms with van der Waals surface area (Å²) in [5, 5.41) is 3.99. The maximum absolute atomic E-state index is 14.1. The number of hydrogen-bond donors (Lipinski definition) is 0. The van der Waals surface area contributed by atoms with Gasteiger partial charge < -0.3 is 9.57 Å². The molecule has 0 N–H and O–H groups in total. The first-order valence-corrected chi connectivity index (χ1v) is 12.1. The number of fused-ring (bicyclic) bond motifs is 1. The van der Waals surface area contributed by atoms with E-state index in [1.165, 1.54) is 11.0 Å². The summed E-state index contributed by atoms with van der Waals surface area (Å²) in [6, 6.07) is 23.0. The summed E-state index contributed by atoms with van der Waals surface area (Å²) in [4.78, 5) is 6.67. The summed E-state index contributed by atoms with van der Waals surface area (Å²) in [5.41, 5.74) is 6.46. The highest BCUT2D eigenvalue weighted by Gasteiger charge is 2.24. The molecule has 4 rings (SSSR count). The normalized spacial score (nSPS) is 14.2. The molecule has 0 saturated carbocycles. The van der Waals surface area contributed by atoms with Gasteiger partial charge in [0.1, 0.15) is 24.8 Å². The van der Waals surface area contributed by atoms with E-state index in [1.807, 2.05) is 36.4 Å². The molecule has 33 heavy (non-hydrogen) atoms. The first-order valence-electron chi connectivity index (χ1n) is 10.8. The molecule has 0 radical (unpaired) electrons. The van der Waals surface area contributed by atoms with Crippen LogP contribution in [0.5, 0.6) is 5.75 Å². The highest BCUT2D eigenvalue weighted by atomic mass is 32.2. The zero-order valence-electron chi connectivity index (χ0n) is 18.8. The Morgan fingerprint density at radius 1 is 0.970 bits per heavy atom. The Balaban J connectivity index is 1.43. The number of para-hydroxylation sites is 1. The van der Waals surface area contributed by atoms with Crippen LogP contribution < -0.4 is 4.74 Å². The van der Waals surface area contributed by atoms with Crippen LogP contribution in [0, 0.1) is 5.82 Å².